The third kappa shape index (κ3) is 2.98. The summed E-state index contributed by atoms with van der Waals surface area (Å²) in [4.78, 5) is 18.7. The van der Waals surface area contributed by atoms with Gasteiger partial charge < -0.3 is 14.6 Å². The molecule has 7 heteroatoms. The molecule has 0 aromatic carbocycles. The summed E-state index contributed by atoms with van der Waals surface area (Å²) in [5.41, 5.74) is 0. The molecule has 0 spiro atoms. The molecule has 1 atom stereocenters. The molecule has 7 nitrogen and oxygen atoms in total. The number of likely N-dealkylation sites (tertiary alicyclic amines) is 1. The number of aromatic nitrogens is 3. The van der Waals surface area contributed by atoms with E-state index in [-0.39, 0.29) is 18.0 Å². The second-order valence-corrected chi connectivity index (χ2v) is 5.82. The minimum atomic E-state index is -0.0959. The number of carbonyl (C=O) groups excluding carboxylic acids is 1. The van der Waals surface area contributed by atoms with Gasteiger partial charge in [0.25, 0.3) is 0 Å². The summed E-state index contributed by atoms with van der Waals surface area (Å²) >= 11 is 0. The average molecular weight is 303 g/mol. The van der Waals surface area contributed by atoms with Crippen molar-refractivity contribution >= 4 is 6.03 Å². The van der Waals surface area contributed by atoms with E-state index in [1.165, 1.54) is 0 Å². The fraction of sp³-hybridized carbons (Fsp3) is 0.533. The van der Waals surface area contributed by atoms with Gasteiger partial charge in [-0.25, -0.2) is 9.78 Å². The molecule has 3 heterocycles. The SMILES string of the molecule is CC(C)c1n[nH]c([C@@H]2CCCN2C(=O)NCc2ccco2)n1. The molecule has 0 bridgehead atoms. The van der Waals surface area contributed by atoms with E-state index in [0.29, 0.717) is 6.54 Å². The normalized spacial score (nSPS) is 18.1. The van der Waals surface area contributed by atoms with Gasteiger partial charge in [0, 0.05) is 12.5 Å². The van der Waals surface area contributed by atoms with Crippen molar-refractivity contribution in [2.24, 2.45) is 0 Å². The number of urea groups is 1. The molecule has 3 rings (SSSR count). The smallest absolute Gasteiger partial charge is 0.318 e. The molecule has 0 radical (unpaired) electrons. The number of rotatable bonds is 4. The maximum Gasteiger partial charge on any atom is 0.318 e. The molecule has 1 saturated heterocycles. The van der Waals surface area contributed by atoms with E-state index < -0.39 is 0 Å². The second kappa shape index (κ2) is 6.21. The highest BCUT2D eigenvalue weighted by atomic mass is 16.3. The van der Waals surface area contributed by atoms with Crippen molar-refractivity contribution in [3.63, 3.8) is 0 Å². The van der Waals surface area contributed by atoms with Crippen molar-refractivity contribution in [2.45, 2.75) is 45.2 Å². The quantitative estimate of drug-likeness (QED) is 0.908. The number of nitrogens with one attached hydrogen (secondary N) is 2. The highest BCUT2D eigenvalue weighted by molar-refractivity contribution is 5.74. The highest BCUT2D eigenvalue weighted by Gasteiger charge is 2.32. The standard InChI is InChI=1S/C15H21N5O2/c1-10(2)13-17-14(19-18-13)12-6-3-7-20(12)15(21)16-9-11-5-4-8-22-11/h4-5,8,10,12H,3,6-7,9H2,1-2H3,(H,16,21)(H,17,18,19)/t12-/m0/s1. The maximum atomic E-state index is 12.4. The van der Waals surface area contributed by atoms with E-state index in [4.69, 9.17) is 4.42 Å². The summed E-state index contributed by atoms with van der Waals surface area (Å²) in [6.07, 6.45) is 3.47. The van der Waals surface area contributed by atoms with Crippen LogP contribution >= 0.6 is 0 Å². The lowest BCUT2D eigenvalue weighted by atomic mass is 10.2. The zero-order chi connectivity index (χ0) is 15.5. The van der Waals surface area contributed by atoms with Crippen molar-refractivity contribution in [3.05, 3.63) is 35.8 Å². The van der Waals surface area contributed by atoms with Crippen LogP contribution in [0.1, 0.15) is 56.1 Å². The molecule has 1 fully saturated rings. The first-order chi connectivity index (χ1) is 10.6. The Hall–Kier alpha value is -2.31. The van der Waals surface area contributed by atoms with Crippen molar-refractivity contribution in [2.75, 3.05) is 6.54 Å². The van der Waals surface area contributed by atoms with E-state index in [9.17, 15) is 4.79 Å². The van der Waals surface area contributed by atoms with Crippen molar-refractivity contribution in [3.8, 4) is 0 Å². The topological polar surface area (TPSA) is 87.0 Å². The Morgan fingerprint density at radius 2 is 2.45 bits per heavy atom. The van der Waals surface area contributed by atoms with Crippen LogP contribution in [0, 0.1) is 0 Å². The van der Waals surface area contributed by atoms with Crippen LogP contribution < -0.4 is 5.32 Å². The third-order valence-corrected chi connectivity index (χ3v) is 3.86. The number of hydrogen-bond acceptors (Lipinski definition) is 4. The van der Waals surface area contributed by atoms with Crippen LogP contribution in [-0.2, 0) is 6.54 Å². The summed E-state index contributed by atoms with van der Waals surface area (Å²) in [6, 6.07) is 3.52. The molecule has 0 aliphatic carbocycles. The van der Waals surface area contributed by atoms with Crippen LogP contribution in [0.3, 0.4) is 0 Å². The fourth-order valence-corrected chi connectivity index (χ4v) is 2.67. The van der Waals surface area contributed by atoms with Crippen LogP contribution in [0.5, 0.6) is 0 Å². The summed E-state index contributed by atoms with van der Waals surface area (Å²) in [7, 11) is 0. The first-order valence-corrected chi connectivity index (χ1v) is 7.64. The van der Waals surface area contributed by atoms with E-state index >= 15 is 0 Å². The Morgan fingerprint density at radius 1 is 1.59 bits per heavy atom. The Bertz CT molecular complexity index is 620. The van der Waals surface area contributed by atoms with E-state index in [1.807, 2.05) is 17.0 Å². The first-order valence-electron chi connectivity index (χ1n) is 7.64. The Kier molecular flexibility index (Phi) is 4.13. The summed E-state index contributed by atoms with van der Waals surface area (Å²) in [5, 5.41) is 10.1. The zero-order valence-electron chi connectivity index (χ0n) is 12.9. The number of carbonyl (C=O) groups is 1. The van der Waals surface area contributed by atoms with Crippen LogP contribution in [0.25, 0.3) is 0 Å². The highest BCUT2D eigenvalue weighted by Crippen LogP contribution is 2.30. The number of aromatic amines is 1. The van der Waals surface area contributed by atoms with Gasteiger partial charge in [-0.1, -0.05) is 13.8 Å². The molecule has 1 aliphatic rings. The van der Waals surface area contributed by atoms with Crippen molar-refractivity contribution in [1.82, 2.24) is 25.4 Å². The Labute approximate surface area is 129 Å². The monoisotopic (exact) mass is 303 g/mol. The number of amides is 2. The third-order valence-electron chi connectivity index (χ3n) is 3.86. The van der Waals surface area contributed by atoms with Gasteiger partial charge in [0.2, 0.25) is 0 Å². The van der Waals surface area contributed by atoms with E-state index in [2.05, 4.69) is 34.3 Å². The molecule has 0 saturated carbocycles. The Balaban J connectivity index is 1.65. The second-order valence-electron chi connectivity index (χ2n) is 5.82. The van der Waals surface area contributed by atoms with Gasteiger partial charge in [-0.3, -0.25) is 5.10 Å². The van der Waals surface area contributed by atoms with Gasteiger partial charge in [0.05, 0.1) is 18.8 Å². The van der Waals surface area contributed by atoms with Gasteiger partial charge in [-0.05, 0) is 25.0 Å². The molecular formula is C15H21N5O2. The average Bonchev–Trinajstić information content (AvgIpc) is 3.23. The predicted octanol–water partition coefficient (Wildman–Crippen LogP) is 2.57. The van der Waals surface area contributed by atoms with Crippen LogP contribution in [0.15, 0.2) is 22.8 Å². The lowest BCUT2D eigenvalue weighted by Gasteiger charge is -2.23. The predicted molar refractivity (Wildman–Crippen MR) is 80.1 cm³/mol. The molecule has 1 aliphatic heterocycles. The van der Waals surface area contributed by atoms with Gasteiger partial charge >= 0.3 is 6.03 Å². The number of nitrogens with zero attached hydrogens (tertiary/aromatic N) is 3. The van der Waals surface area contributed by atoms with Crippen LogP contribution in [-0.4, -0.2) is 32.7 Å². The summed E-state index contributed by atoms with van der Waals surface area (Å²) < 4.78 is 5.23. The van der Waals surface area contributed by atoms with Crippen LogP contribution in [0.4, 0.5) is 4.79 Å². The van der Waals surface area contributed by atoms with Crippen LogP contribution in [0.2, 0.25) is 0 Å². The summed E-state index contributed by atoms with van der Waals surface area (Å²) in [5.74, 6) is 2.57. The summed E-state index contributed by atoms with van der Waals surface area (Å²) in [6.45, 7) is 5.22. The fourth-order valence-electron chi connectivity index (χ4n) is 2.67. The lowest BCUT2D eigenvalue weighted by Crippen LogP contribution is -2.39. The maximum absolute atomic E-state index is 12.4. The van der Waals surface area contributed by atoms with Gasteiger partial charge in [0.1, 0.15) is 11.6 Å². The molecule has 2 aromatic heterocycles. The van der Waals surface area contributed by atoms with Crippen molar-refractivity contribution in [1.29, 1.82) is 0 Å². The molecule has 0 unspecified atom stereocenters. The lowest BCUT2D eigenvalue weighted by molar-refractivity contribution is 0.189. The number of hydrogen-bond donors (Lipinski definition) is 2. The minimum Gasteiger partial charge on any atom is -0.467 e. The molecule has 2 amide bonds. The number of H-pyrrole nitrogens is 1. The zero-order valence-corrected chi connectivity index (χ0v) is 12.9. The molecule has 22 heavy (non-hydrogen) atoms. The first kappa shape index (κ1) is 14.6. The molecule has 118 valence electrons. The molecular weight excluding hydrogens is 282 g/mol. The van der Waals surface area contributed by atoms with Gasteiger partial charge in [-0.2, -0.15) is 5.10 Å². The largest absolute Gasteiger partial charge is 0.467 e. The van der Waals surface area contributed by atoms with Crippen molar-refractivity contribution < 1.29 is 9.21 Å². The van der Waals surface area contributed by atoms with E-state index in [0.717, 1.165) is 36.8 Å². The van der Waals surface area contributed by atoms with E-state index in [1.54, 1.807) is 6.26 Å². The number of furan rings is 1. The minimum absolute atomic E-state index is 0.0309. The van der Waals surface area contributed by atoms with Gasteiger partial charge in [-0.15, -0.1) is 0 Å². The Morgan fingerprint density at radius 3 is 3.14 bits per heavy atom. The van der Waals surface area contributed by atoms with Gasteiger partial charge in [0.15, 0.2) is 5.82 Å². The molecule has 2 aromatic rings. The molecule has 2 N–H and O–H groups in total.